The third-order valence-electron chi connectivity index (χ3n) is 3.20. The average Bonchev–Trinajstić information content (AvgIpc) is 2.69. The molecule has 1 aliphatic rings. The van der Waals surface area contributed by atoms with E-state index in [2.05, 4.69) is 5.32 Å². The standard InChI is InChI=1S/C13H18N2O3S/c1-11(12-6-3-2-4-7-12)14-13(16)10-15-8-5-9-19(15,17)18/h2-4,6-7,11H,5,8-10H2,1H3,(H,14,16)/t11-/m0/s1. The van der Waals surface area contributed by atoms with Crippen LogP contribution < -0.4 is 5.32 Å². The molecule has 0 unspecified atom stereocenters. The predicted molar refractivity (Wildman–Crippen MR) is 73.0 cm³/mol. The molecule has 1 heterocycles. The average molecular weight is 282 g/mol. The van der Waals surface area contributed by atoms with Crippen molar-refractivity contribution >= 4 is 15.9 Å². The van der Waals surface area contributed by atoms with Crippen molar-refractivity contribution < 1.29 is 13.2 Å². The Morgan fingerprint density at radius 3 is 2.63 bits per heavy atom. The number of amides is 1. The number of carbonyl (C=O) groups excluding carboxylic acids is 1. The van der Waals surface area contributed by atoms with Gasteiger partial charge >= 0.3 is 0 Å². The van der Waals surface area contributed by atoms with Gasteiger partial charge in [-0.25, -0.2) is 8.42 Å². The van der Waals surface area contributed by atoms with Crippen LogP contribution in [0.15, 0.2) is 30.3 Å². The van der Waals surface area contributed by atoms with Gasteiger partial charge in [0.25, 0.3) is 0 Å². The topological polar surface area (TPSA) is 66.5 Å². The van der Waals surface area contributed by atoms with Gasteiger partial charge in [-0.05, 0) is 18.9 Å². The highest BCUT2D eigenvalue weighted by Gasteiger charge is 2.29. The van der Waals surface area contributed by atoms with E-state index in [1.54, 1.807) is 0 Å². The Kier molecular flexibility index (Phi) is 4.21. The van der Waals surface area contributed by atoms with Gasteiger partial charge < -0.3 is 5.32 Å². The van der Waals surface area contributed by atoms with Gasteiger partial charge in [0.15, 0.2) is 0 Å². The fourth-order valence-corrected chi connectivity index (χ4v) is 3.61. The van der Waals surface area contributed by atoms with Crippen LogP contribution in [-0.4, -0.2) is 37.5 Å². The molecule has 0 bridgehead atoms. The molecule has 6 heteroatoms. The molecule has 1 fully saturated rings. The lowest BCUT2D eigenvalue weighted by atomic mass is 10.1. The van der Waals surface area contributed by atoms with Crippen molar-refractivity contribution in [2.75, 3.05) is 18.8 Å². The smallest absolute Gasteiger partial charge is 0.235 e. The Hall–Kier alpha value is -1.40. The summed E-state index contributed by atoms with van der Waals surface area (Å²) < 4.78 is 24.4. The Morgan fingerprint density at radius 2 is 2.05 bits per heavy atom. The van der Waals surface area contributed by atoms with E-state index in [0.29, 0.717) is 13.0 Å². The fraction of sp³-hybridized carbons (Fsp3) is 0.462. The lowest BCUT2D eigenvalue weighted by Gasteiger charge is -2.17. The second-order valence-corrected chi connectivity index (χ2v) is 6.79. The summed E-state index contributed by atoms with van der Waals surface area (Å²) in [7, 11) is -3.21. The van der Waals surface area contributed by atoms with Gasteiger partial charge in [-0.15, -0.1) is 0 Å². The zero-order chi connectivity index (χ0) is 13.9. The summed E-state index contributed by atoms with van der Waals surface area (Å²) in [5.41, 5.74) is 1.00. The molecular formula is C13H18N2O3S. The molecule has 0 spiro atoms. The van der Waals surface area contributed by atoms with Crippen molar-refractivity contribution in [2.45, 2.75) is 19.4 Å². The molecule has 2 rings (SSSR count). The molecule has 19 heavy (non-hydrogen) atoms. The lowest BCUT2D eigenvalue weighted by molar-refractivity contribution is -0.121. The second-order valence-electron chi connectivity index (χ2n) is 4.70. The summed E-state index contributed by atoms with van der Waals surface area (Å²) in [4.78, 5) is 11.9. The summed E-state index contributed by atoms with van der Waals surface area (Å²) >= 11 is 0. The molecule has 1 saturated heterocycles. The Labute approximate surface area is 113 Å². The highest BCUT2D eigenvalue weighted by molar-refractivity contribution is 7.89. The number of nitrogens with zero attached hydrogens (tertiary/aromatic N) is 1. The van der Waals surface area contributed by atoms with Crippen molar-refractivity contribution in [1.82, 2.24) is 9.62 Å². The van der Waals surface area contributed by atoms with Crippen LogP contribution in [0.2, 0.25) is 0 Å². The van der Waals surface area contributed by atoms with E-state index >= 15 is 0 Å². The quantitative estimate of drug-likeness (QED) is 0.892. The minimum absolute atomic E-state index is 0.0838. The fourth-order valence-electron chi connectivity index (χ4n) is 2.14. The van der Waals surface area contributed by atoms with Gasteiger partial charge in [0.1, 0.15) is 0 Å². The first-order chi connectivity index (χ1) is 8.99. The number of sulfonamides is 1. The summed E-state index contributed by atoms with van der Waals surface area (Å²) in [5, 5.41) is 2.82. The largest absolute Gasteiger partial charge is 0.348 e. The first-order valence-electron chi connectivity index (χ1n) is 6.31. The lowest BCUT2D eigenvalue weighted by Crippen LogP contribution is -2.39. The molecule has 104 valence electrons. The molecular weight excluding hydrogens is 264 g/mol. The number of nitrogens with one attached hydrogen (secondary N) is 1. The Bertz CT molecular complexity index is 542. The maximum Gasteiger partial charge on any atom is 0.235 e. The molecule has 5 nitrogen and oxygen atoms in total. The van der Waals surface area contributed by atoms with Gasteiger partial charge in [-0.2, -0.15) is 4.31 Å². The third-order valence-corrected chi connectivity index (χ3v) is 5.10. The van der Waals surface area contributed by atoms with E-state index in [9.17, 15) is 13.2 Å². The minimum atomic E-state index is -3.21. The summed E-state index contributed by atoms with van der Waals surface area (Å²) in [6.45, 7) is 2.24. The maximum absolute atomic E-state index is 11.9. The van der Waals surface area contributed by atoms with Crippen molar-refractivity contribution in [3.05, 3.63) is 35.9 Å². The van der Waals surface area contributed by atoms with Gasteiger partial charge in [0.05, 0.1) is 18.3 Å². The first kappa shape index (κ1) is 14.0. The highest BCUT2D eigenvalue weighted by atomic mass is 32.2. The van der Waals surface area contributed by atoms with Crippen molar-refractivity contribution in [1.29, 1.82) is 0 Å². The molecule has 1 N–H and O–H groups in total. The van der Waals surface area contributed by atoms with Crippen LogP contribution in [0.4, 0.5) is 0 Å². The van der Waals surface area contributed by atoms with E-state index in [4.69, 9.17) is 0 Å². The van der Waals surface area contributed by atoms with E-state index < -0.39 is 10.0 Å². The molecule has 1 atom stereocenters. The van der Waals surface area contributed by atoms with E-state index in [-0.39, 0.29) is 24.2 Å². The third kappa shape index (κ3) is 3.54. The zero-order valence-corrected chi connectivity index (χ0v) is 11.7. The Morgan fingerprint density at radius 1 is 1.37 bits per heavy atom. The van der Waals surface area contributed by atoms with Crippen LogP contribution in [0, 0.1) is 0 Å². The van der Waals surface area contributed by atoms with Gasteiger partial charge in [0, 0.05) is 6.54 Å². The molecule has 1 aromatic carbocycles. The van der Waals surface area contributed by atoms with Crippen LogP contribution in [0.25, 0.3) is 0 Å². The summed E-state index contributed by atoms with van der Waals surface area (Å²) in [6.07, 6.45) is 0.601. The molecule has 0 aliphatic carbocycles. The maximum atomic E-state index is 11.9. The number of carbonyl (C=O) groups is 1. The van der Waals surface area contributed by atoms with E-state index in [1.807, 2.05) is 37.3 Å². The summed E-state index contributed by atoms with van der Waals surface area (Å²) in [6, 6.07) is 9.45. The molecule has 1 aromatic rings. The molecule has 0 aromatic heterocycles. The molecule has 0 radical (unpaired) electrons. The minimum Gasteiger partial charge on any atom is -0.348 e. The normalized spacial score (nSPS) is 20.1. The SMILES string of the molecule is C[C@H](NC(=O)CN1CCCS1(=O)=O)c1ccccc1. The number of benzene rings is 1. The van der Waals surface area contributed by atoms with Crippen LogP contribution in [-0.2, 0) is 14.8 Å². The molecule has 0 saturated carbocycles. The predicted octanol–water partition coefficient (Wildman–Crippen LogP) is 0.899. The number of hydrogen-bond acceptors (Lipinski definition) is 3. The highest BCUT2D eigenvalue weighted by Crippen LogP contribution is 2.14. The van der Waals surface area contributed by atoms with Crippen molar-refractivity contribution in [3.63, 3.8) is 0 Å². The van der Waals surface area contributed by atoms with E-state index in [0.717, 1.165) is 5.56 Å². The van der Waals surface area contributed by atoms with E-state index in [1.165, 1.54) is 4.31 Å². The van der Waals surface area contributed by atoms with Crippen molar-refractivity contribution in [2.24, 2.45) is 0 Å². The molecule has 1 aliphatic heterocycles. The Balaban J connectivity index is 1.92. The van der Waals surface area contributed by atoms with Crippen LogP contribution in [0.5, 0.6) is 0 Å². The van der Waals surface area contributed by atoms with Gasteiger partial charge in [-0.1, -0.05) is 30.3 Å². The zero-order valence-electron chi connectivity index (χ0n) is 10.9. The van der Waals surface area contributed by atoms with Gasteiger partial charge in [0.2, 0.25) is 15.9 Å². The van der Waals surface area contributed by atoms with Crippen LogP contribution >= 0.6 is 0 Å². The van der Waals surface area contributed by atoms with Gasteiger partial charge in [-0.3, -0.25) is 4.79 Å². The van der Waals surface area contributed by atoms with Crippen molar-refractivity contribution in [3.8, 4) is 0 Å². The molecule has 1 amide bonds. The van der Waals surface area contributed by atoms with Crippen LogP contribution in [0.1, 0.15) is 24.9 Å². The number of hydrogen-bond donors (Lipinski definition) is 1. The second kappa shape index (κ2) is 5.71. The number of rotatable bonds is 4. The van der Waals surface area contributed by atoms with Crippen LogP contribution in [0.3, 0.4) is 0 Å². The monoisotopic (exact) mass is 282 g/mol. The summed E-state index contributed by atoms with van der Waals surface area (Å²) in [5.74, 6) is -0.115. The first-order valence-corrected chi connectivity index (χ1v) is 7.92.